The number of rotatable bonds is 5. The van der Waals surface area contributed by atoms with Gasteiger partial charge in [-0.15, -0.1) is 0 Å². The van der Waals surface area contributed by atoms with Crippen LogP contribution in [0.15, 0.2) is 34.9 Å². The van der Waals surface area contributed by atoms with E-state index in [9.17, 15) is 0 Å². The molecular weight excluding hydrogens is 254 g/mol. The van der Waals surface area contributed by atoms with E-state index in [0.717, 1.165) is 31.9 Å². The van der Waals surface area contributed by atoms with Crippen LogP contribution < -0.4 is 5.73 Å². The Labute approximate surface area is 118 Å². The molecule has 1 aromatic carbocycles. The Bertz CT molecular complexity index is 535. The van der Waals surface area contributed by atoms with Crippen LogP contribution in [-0.2, 0) is 17.6 Å². The molecule has 0 saturated carbocycles. The van der Waals surface area contributed by atoms with Crippen LogP contribution in [0.3, 0.4) is 0 Å². The lowest BCUT2D eigenvalue weighted by molar-refractivity contribution is 0.185. The highest BCUT2D eigenvalue weighted by atomic mass is 16.5. The molecule has 0 radical (unpaired) electrons. The fourth-order valence-electron chi connectivity index (χ4n) is 2.46. The van der Waals surface area contributed by atoms with E-state index in [1.165, 1.54) is 5.56 Å². The highest BCUT2D eigenvalue weighted by Crippen LogP contribution is 2.19. The predicted molar refractivity (Wildman–Crippen MR) is 74.0 cm³/mol. The molecule has 0 amide bonds. The van der Waals surface area contributed by atoms with Crippen LogP contribution in [0.1, 0.15) is 29.7 Å². The first kappa shape index (κ1) is 13.3. The number of benzene rings is 1. The normalized spacial score (nSPS) is 20.1. The summed E-state index contributed by atoms with van der Waals surface area (Å²) in [5.74, 6) is 1.76. The first-order chi connectivity index (χ1) is 9.81. The lowest BCUT2D eigenvalue weighted by atomic mass is 10.0. The van der Waals surface area contributed by atoms with Crippen LogP contribution in [0.5, 0.6) is 0 Å². The molecule has 106 valence electrons. The fourth-order valence-corrected chi connectivity index (χ4v) is 2.46. The van der Waals surface area contributed by atoms with Gasteiger partial charge in [-0.1, -0.05) is 35.5 Å². The molecule has 2 aromatic rings. The summed E-state index contributed by atoms with van der Waals surface area (Å²) in [6.07, 6.45) is 2.58. The van der Waals surface area contributed by atoms with Gasteiger partial charge in [-0.3, -0.25) is 0 Å². The molecule has 2 N–H and O–H groups in total. The molecule has 20 heavy (non-hydrogen) atoms. The molecule has 0 aliphatic carbocycles. The van der Waals surface area contributed by atoms with Crippen LogP contribution in [0.25, 0.3) is 0 Å². The Morgan fingerprint density at radius 1 is 1.30 bits per heavy atom. The number of hydrogen-bond acceptors (Lipinski definition) is 5. The van der Waals surface area contributed by atoms with Crippen molar-refractivity contribution in [3.05, 3.63) is 47.6 Å². The highest BCUT2D eigenvalue weighted by Gasteiger charge is 2.21. The summed E-state index contributed by atoms with van der Waals surface area (Å²) in [4.78, 5) is 4.41. The molecule has 1 fully saturated rings. The number of ether oxygens (including phenoxy) is 1. The summed E-state index contributed by atoms with van der Waals surface area (Å²) in [7, 11) is 0. The van der Waals surface area contributed by atoms with Crippen molar-refractivity contribution in [1.82, 2.24) is 10.1 Å². The lowest BCUT2D eigenvalue weighted by Gasteiger charge is -2.06. The van der Waals surface area contributed by atoms with E-state index in [1.54, 1.807) is 0 Å². The van der Waals surface area contributed by atoms with Gasteiger partial charge in [-0.2, -0.15) is 4.98 Å². The summed E-state index contributed by atoms with van der Waals surface area (Å²) in [5, 5.41) is 4.02. The molecule has 3 rings (SSSR count). The molecule has 2 atom stereocenters. The van der Waals surface area contributed by atoms with Gasteiger partial charge in [0, 0.05) is 19.6 Å². The third-order valence-corrected chi connectivity index (χ3v) is 3.59. The fraction of sp³-hybridized carbons (Fsp3) is 0.467. The first-order valence-corrected chi connectivity index (χ1v) is 7.01. The van der Waals surface area contributed by atoms with Crippen LogP contribution in [0.4, 0.5) is 0 Å². The van der Waals surface area contributed by atoms with E-state index in [0.29, 0.717) is 18.2 Å². The van der Waals surface area contributed by atoms with Gasteiger partial charge < -0.3 is 15.0 Å². The average molecular weight is 273 g/mol. The topological polar surface area (TPSA) is 74.2 Å². The molecule has 5 nitrogen and oxygen atoms in total. The summed E-state index contributed by atoms with van der Waals surface area (Å²) >= 11 is 0. The molecular formula is C15H19N3O2. The molecule has 1 aliphatic rings. The second-order valence-electron chi connectivity index (χ2n) is 5.28. The van der Waals surface area contributed by atoms with Crippen molar-refractivity contribution in [2.75, 3.05) is 13.2 Å². The van der Waals surface area contributed by atoms with Crippen molar-refractivity contribution >= 4 is 0 Å². The number of nitrogens with zero attached hydrogens (tertiary/aromatic N) is 2. The molecule has 5 heteroatoms. The molecule has 1 aromatic heterocycles. The standard InChI is InChI=1S/C15H19N3O2/c16-13(8-11-4-2-1-3-5-11)15-17-14(18-20-15)9-12-6-7-19-10-12/h1-5,12-13H,6-10,16H2/t12?,13-/m1/s1. The number of aromatic nitrogens is 2. The first-order valence-electron chi connectivity index (χ1n) is 7.01. The zero-order valence-electron chi connectivity index (χ0n) is 11.4. The Balaban J connectivity index is 1.60. The molecule has 0 spiro atoms. The van der Waals surface area contributed by atoms with Crippen molar-refractivity contribution in [3.8, 4) is 0 Å². The van der Waals surface area contributed by atoms with Crippen molar-refractivity contribution in [2.45, 2.75) is 25.3 Å². The average Bonchev–Trinajstić information content (AvgIpc) is 3.12. The van der Waals surface area contributed by atoms with Crippen LogP contribution in [0.2, 0.25) is 0 Å². The van der Waals surface area contributed by atoms with Gasteiger partial charge in [-0.05, 0) is 24.3 Å². The third-order valence-electron chi connectivity index (χ3n) is 3.59. The van der Waals surface area contributed by atoms with Gasteiger partial charge in [0.2, 0.25) is 5.89 Å². The van der Waals surface area contributed by atoms with Gasteiger partial charge in [0.05, 0.1) is 6.04 Å². The maximum absolute atomic E-state index is 6.13. The van der Waals surface area contributed by atoms with Gasteiger partial charge >= 0.3 is 0 Å². The van der Waals surface area contributed by atoms with E-state index in [-0.39, 0.29) is 6.04 Å². The largest absolute Gasteiger partial charge is 0.381 e. The summed E-state index contributed by atoms with van der Waals surface area (Å²) in [6.45, 7) is 1.63. The van der Waals surface area contributed by atoms with Crippen molar-refractivity contribution in [1.29, 1.82) is 0 Å². The van der Waals surface area contributed by atoms with Crippen LogP contribution in [-0.4, -0.2) is 23.4 Å². The monoisotopic (exact) mass is 273 g/mol. The summed E-state index contributed by atoms with van der Waals surface area (Å²) in [6, 6.07) is 9.84. The van der Waals surface area contributed by atoms with E-state index >= 15 is 0 Å². The van der Waals surface area contributed by atoms with E-state index < -0.39 is 0 Å². The molecule has 1 aliphatic heterocycles. The third kappa shape index (κ3) is 3.23. The molecule has 1 saturated heterocycles. The zero-order valence-corrected chi connectivity index (χ0v) is 11.4. The summed E-state index contributed by atoms with van der Waals surface area (Å²) < 4.78 is 10.6. The van der Waals surface area contributed by atoms with E-state index in [1.807, 2.05) is 30.3 Å². The minimum Gasteiger partial charge on any atom is -0.381 e. The Kier molecular flexibility index (Phi) is 4.08. The van der Waals surface area contributed by atoms with Crippen LogP contribution >= 0.6 is 0 Å². The molecule has 1 unspecified atom stereocenters. The number of hydrogen-bond donors (Lipinski definition) is 1. The Hall–Kier alpha value is -1.72. The number of nitrogens with two attached hydrogens (primary N) is 1. The van der Waals surface area contributed by atoms with Crippen molar-refractivity contribution in [3.63, 3.8) is 0 Å². The van der Waals surface area contributed by atoms with Gasteiger partial charge in [0.15, 0.2) is 5.82 Å². The van der Waals surface area contributed by atoms with Gasteiger partial charge in [0.25, 0.3) is 0 Å². The second-order valence-corrected chi connectivity index (χ2v) is 5.28. The Morgan fingerprint density at radius 3 is 2.90 bits per heavy atom. The smallest absolute Gasteiger partial charge is 0.243 e. The van der Waals surface area contributed by atoms with E-state index in [2.05, 4.69) is 10.1 Å². The highest BCUT2D eigenvalue weighted by molar-refractivity contribution is 5.16. The van der Waals surface area contributed by atoms with E-state index in [4.69, 9.17) is 15.0 Å². The second kappa shape index (κ2) is 6.15. The maximum Gasteiger partial charge on any atom is 0.243 e. The van der Waals surface area contributed by atoms with Crippen molar-refractivity contribution in [2.24, 2.45) is 11.7 Å². The predicted octanol–water partition coefficient (Wildman–Crippen LogP) is 1.89. The van der Waals surface area contributed by atoms with Crippen LogP contribution in [0, 0.1) is 5.92 Å². The lowest BCUT2D eigenvalue weighted by Crippen LogP contribution is -2.14. The SMILES string of the molecule is N[C@H](Cc1ccccc1)c1nc(CC2CCOC2)no1. The zero-order chi connectivity index (χ0) is 13.8. The minimum absolute atomic E-state index is 0.251. The summed E-state index contributed by atoms with van der Waals surface area (Å²) in [5.41, 5.74) is 7.30. The maximum atomic E-state index is 6.13. The molecule has 0 bridgehead atoms. The minimum atomic E-state index is -0.251. The van der Waals surface area contributed by atoms with Crippen molar-refractivity contribution < 1.29 is 9.26 Å². The quantitative estimate of drug-likeness (QED) is 0.900. The molecule has 2 heterocycles. The van der Waals surface area contributed by atoms with Gasteiger partial charge in [0.1, 0.15) is 0 Å². The Morgan fingerprint density at radius 2 is 2.15 bits per heavy atom. The van der Waals surface area contributed by atoms with Gasteiger partial charge in [-0.25, -0.2) is 0 Å².